The van der Waals surface area contributed by atoms with E-state index in [2.05, 4.69) is 19.6 Å². The Hall–Kier alpha value is -2.22. The van der Waals surface area contributed by atoms with Crippen molar-refractivity contribution in [1.29, 1.82) is 5.26 Å². The van der Waals surface area contributed by atoms with E-state index in [-0.39, 0.29) is 5.89 Å². The molecule has 0 spiro atoms. The molecule has 0 aliphatic rings. The number of nitriles is 1. The fourth-order valence-corrected chi connectivity index (χ4v) is 0.881. The lowest BCUT2D eigenvalue weighted by atomic mass is 10.3. The molecule has 0 aliphatic heterocycles. The van der Waals surface area contributed by atoms with Gasteiger partial charge in [0.1, 0.15) is 0 Å². The number of hydrogen-bond donors (Lipinski definition) is 0. The maximum Gasteiger partial charge on any atom is 0.329 e. The summed E-state index contributed by atoms with van der Waals surface area (Å²) >= 11 is 0. The topological polar surface area (TPSA) is 75.6 Å². The van der Waals surface area contributed by atoms with Crippen molar-refractivity contribution in [1.82, 2.24) is 15.1 Å². The Morgan fingerprint density at radius 1 is 1.46 bits per heavy atom. The van der Waals surface area contributed by atoms with Crippen molar-refractivity contribution in [2.75, 3.05) is 0 Å². The Morgan fingerprint density at radius 3 is 3.00 bits per heavy atom. The zero-order valence-corrected chi connectivity index (χ0v) is 6.51. The Morgan fingerprint density at radius 2 is 2.38 bits per heavy atom. The van der Waals surface area contributed by atoms with Crippen LogP contribution in [0.15, 0.2) is 29.0 Å². The molecule has 0 N–H and O–H groups in total. The van der Waals surface area contributed by atoms with Crippen molar-refractivity contribution in [3.63, 3.8) is 0 Å². The number of nitrogens with zero attached hydrogens (tertiary/aromatic N) is 4. The van der Waals surface area contributed by atoms with Gasteiger partial charge in [0, 0.05) is 18.0 Å². The SMILES string of the molecule is N#Cc1nc(-c2cccnc2)no1. The molecule has 62 valence electrons. The first kappa shape index (κ1) is 7.43. The highest BCUT2D eigenvalue weighted by atomic mass is 16.5. The quantitative estimate of drug-likeness (QED) is 0.641. The van der Waals surface area contributed by atoms with Crippen LogP contribution < -0.4 is 0 Å². The number of aromatic nitrogens is 3. The third kappa shape index (κ3) is 1.37. The minimum Gasteiger partial charge on any atom is -0.322 e. The zero-order chi connectivity index (χ0) is 9.10. The van der Waals surface area contributed by atoms with Gasteiger partial charge in [0.05, 0.1) is 0 Å². The maximum atomic E-state index is 8.44. The van der Waals surface area contributed by atoms with E-state index in [0.29, 0.717) is 5.82 Å². The second-order valence-electron chi connectivity index (χ2n) is 2.28. The Balaban J connectivity index is 2.43. The van der Waals surface area contributed by atoms with Crippen molar-refractivity contribution in [2.45, 2.75) is 0 Å². The van der Waals surface area contributed by atoms with Crippen LogP contribution >= 0.6 is 0 Å². The van der Waals surface area contributed by atoms with Crippen LogP contribution in [0.3, 0.4) is 0 Å². The van der Waals surface area contributed by atoms with Crippen molar-refractivity contribution in [3.8, 4) is 17.5 Å². The van der Waals surface area contributed by atoms with E-state index in [1.165, 1.54) is 0 Å². The van der Waals surface area contributed by atoms with E-state index in [1.807, 2.05) is 0 Å². The fourth-order valence-electron chi connectivity index (χ4n) is 0.881. The Kier molecular flexibility index (Phi) is 1.73. The van der Waals surface area contributed by atoms with Crippen LogP contribution in [-0.4, -0.2) is 15.1 Å². The molecule has 0 aliphatic carbocycles. The standard InChI is InChI=1S/C8H4N4O/c9-4-7-11-8(12-13-7)6-2-1-3-10-5-6/h1-3,5H. The molecule has 2 aromatic rings. The van der Waals surface area contributed by atoms with Crippen molar-refractivity contribution >= 4 is 0 Å². The summed E-state index contributed by atoms with van der Waals surface area (Å²) in [7, 11) is 0. The minimum atomic E-state index is -0.0427. The van der Waals surface area contributed by atoms with Crippen molar-refractivity contribution < 1.29 is 4.52 Å². The van der Waals surface area contributed by atoms with E-state index in [9.17, 15) is 0 Å². The summed E-state index contributed by atoms with van der Waals surface area (Å²) in [6, 6.07) is 5.31. The normalized spacial score (nSPS) is 9.46. The summed E-state index contributed by atoms with van der Waals surface area (Å²) in [5.74, 6) is 0.337. The van der Waals surface area contributed by atoms with E-state index < -0.39 is 0 Å². The molecule has 0 atom stereocenters. The average molecular weight is 172 g/mol. The van der Waals surface area contributed by atoms with Crippen molar-refractivity contribution in [3.05, 3.63) is 30.4 Å². The predicted molar refractivity (Wildman–Crippen MR) is 42.2 cm³/mol. The molecule has 5 nitrogen and oxygen atoms in total. The van der Waals surface area contributed by atoms with Gasteiger partial charge in [-0.3, -0.25) is 4.98 Å². The van der Waals surface area contributed by atoms with Crippen LogP contribution in [0.25, 0.3) is 11.4 Å². The average Bonchev–Trinajstić information content (AvgIpc) is 2.67. The van der Waals surface area contributed by atoms with Crippen LogP contribution in [0.5, 0.6) is 0 Å². The van der Waals surface area contributed by atoms with E-state index in [4.69, 9.17) is 5.26 Å². The first-order chi connectivity index (χ1) is 6.40. The van der Waals surface area contributed by atoms with Crippen LogP contribution in [0.1, 0.15) is 5.89 Å². The summed E-state index contributed by atoms with van der Waals surface area (Å²) < 4.78 is 4.62. The molecule has 0 fully saturated rings. The summed E-state index contributed by atoms with van der Waals surface area (Å²) in [5.41, 5.74) is 0.729. The van der Waals surface area contributed by atoms with Gasteiger partial charge in [-0.1, -0.05) is 5.16 Å². The van der Waals surface area contributed by atoms with Crippen LogP contribution in [0, 0.1) is 11.3 Å². The highest BCUT2D eigenvalue weighted by molar-refractivity contribution is 5.52. The molecule has 5 heteroatoms. The molecule has 0 amide bonds. The molecule has 0 unspecified atom stereocenters. The lowest BCUT2D eigenvalue weighted by Crippen LogP contribution is -1.81. The highest BCUT2D eigenvalue weighted by Crippen LogP contribution is 2.12. The van der Waals surface area contributed by atoms with E-state index in [0.717, 1.165) is 5.56 Å². The zero-order valence-electron chi connectivity index (χ0n) is 6.51. The molecule has 0 saturated carbocycles. The molecular formula is C8H4N4O. The summed E-state index contributed by atoms with van der Waals surface area (Å²) in [5, 5.41) is 12.0. The van der Waals surface area contributed by atoms with Gasteiger partial charge in [0.25, 0.3) is 0 Å². The predicted octanol–water partition coefficient (Wildman–Crippen LogP) is 1.00. The molecule has 0 bridgehead atoms. The molecular weight excluding hydrogens is 168 g/mol. The third-order valence-corrected chi connectivity index (χ3v) is 1.44. The molecule has 0 aromatic carbocycles. The van der Waals surface area contributed by atoms with Gasteiger partial charge >= 0.3 is 5.89 Å². The van der Waals surface area contributed by atoms with Gasteiger partial charge < -0.3 is 4.52 Å². The molecule has 0 saturated heterocycles. The van der Waals surface area contributed by atoms with Crippen LogP contribution in [-0.2, 0) is 0 Å². The Bertz CT molecular complexity index is 443. The molecule has 13 heavy (non-hydrogen) atoms. The summed E-state index contributed by atoms with van der Waals surface area (Å²) in [4.78, 5) is 7.71. The van der Waals surface area contributed by atoms with Crippen molar-refractivity contribution in [2.24, 2.45) is 0 Å². The van der Waals surface area contributed by atoms with E-state index >= 15 is 0 Å². The Labute approximate surface area is 73.7 Å². The van der Waals surface area contributed by atoms with Crippen LogP contribution in [0.4, 0.5) is 0 Å². The smallest absolute Gasteiger partial charge is 0.322 e. The highest BCUT2D eigenvalue weighted by Gasteiger charge is 2.06. The second-order valence-corrected chi connectivity index (χ2v) is 2.28. The maximum absolute atomic E-state index is 8.44. The van der Waals surface area contributed by atoms with Gasteiger partial charge in [0.2, 0.25) is 5.82 Å². The number of pyridine rings is 1. The third-order valence-electron chi connectivity index (χ3n) is 1.44. The van der Waals surface area contributed by atoms with Gasteiger partial charge in [0.15, 0.2) is 6.07 Å². The first-order valence-electron chi connectivity index (χ1n) is 3.54. The van der Waals surface area contributed by atoms with Gasteiger partial charge in [-0.2, -0.15) is 10.2 Å². The minimum absolute atomic E-state index is 0.0427. The van der Waals surface area contributed by atoms with Gasteiger partial charge in [-0.15, -0.1) is 0 Å². The second kappa shape index (κ2) is 3.03. The van der Waals surface area contributed by atoms with Gasteiger partial charge in [-0.25, -0.2) is 0 Å². The molecule has 2 heterocycles. The number of rotatable bonds is 1. The first-order valence-corrected chi connectivity index (χ1v) is 3.54. The monoisotopic (exact) mass is 172 g/mol. The molecule has 2 aromatic heterocycles. The summed E-state index contributed by atoms with van der Waals surface area (Å²) in [6.07, 6.45) is 3.25. The van der Waals surface area contributed by atoms with Crippen LogP contribution in [0.2, 0.25) is 0 Å². The number of hydrogen-bond acceptors (Lipinski definition) is 5. The van der Waals surface area contributed by atoms with Gasteiger partial charge in [-0.05, 0) is 12.1 Å². The van der Waals surface area contributed by atoms with E-state index in [1.54, 1.807) is 30.6 Å². The lowest BCUT2D eigenvalue weighted by molar-refractivity contribution is 0.408. The summed E-state index contributed by atoms with van der Waals surface area (Å²) in [6.45, 7) is 0. The largest absolute Gasteiger partial charge is 0.329 e. The fraction of sp³-hybridized carbons (Fsp3) is 0. The molecule has 2 rings (SSSR count). The lowest BCUT2D eigenvalue weighted by Gasteiger charge is -1.88. The molecule has 0 radical (unpaired) electrons.